The topological polar surface area (TPSA) is 75.7 Å². The summed E-state index contributed by atoms with van der Waals surface area (Å²) >= 11 is 0. The van der Waals surface area contributed by atoms with Crippen LogP contribution in [-0.2, 0) is 14.3 Å². The third-order valence-corrected chi connectivity index (χ3v) is 5.80. The SMILES string of the molecule is Cc1ccc(C(=O)NCC(=O)OCC(=O)N2CC3(C)CC2CC(C)(C)C3)cc1. The molecule has 3 rings (SSSR count). The van der Waals surface area contributed by atoms with Crippen LogP contribution < -0.4 is 5.32 Å². The second-order valence-corrected chi connectivity index (χ2v) is 9.44. The van der Waals surface area contributed by atoms with Crippen molar-refractivity contribution in [3.05, 3.63) is 35.4 Å². The number of nitrogens with zero attached hydrogens (tertiary/aromatic N) is 1. The molecule has 2 unspecified atom stereocenters. The molecule has 1 saturated heterocycles. The number of nitrogens with one attached hydrogen (secondary N) is 1. The summed E-state index contributed by atoms with van der Waals surface area (Å²) in [7, 11) is 0. The third-order valence-electron chi connectivity index (χ3n) is 5.80. The first kappa shape index (κ1) is 20.4. The largest absolute Gasteiger partial charge is 0.454 e. The van der Waals surface area contributed by atoms with Crippen LogP contribution >= 0.6 is 0 Å². The molecule has 1 aliphatic heterocycles. The molecule has 2 bridgehead atoms. The zero-order valence-corrected chi connectivity index (χ0v) is 17.2. The number of likely N-dealkylation sites (tertiary alicyclic amines) is 1. The standard InChI is InChI=1S/C22H30N2O4/c1-15-5-7-16(8-6-15)20(27)23-11-19(26)28-12-18(25)24-14-22(4)10-17(24)9-21(2,3)13-22/h5-8,17H,9-14H2,1-4H3,(H,23,27). The van der Waals surface area contributed by atoms with Gasteiger partial charge in [0, 0.05) is 18.2 Å². The Bertz CT molecular complexity index is 771. The quantitative estimate of drug-likeness (QED) is 0.790. The van der Waals surface area contributed by atoms with E-state index in [0.29, 0.717) is 5.56 Å². The van der Waals surface area contributed by atoms with Crippen LogP contribution in [0.1, 0.15) is 56.0 Å². The van der Waals surface area contributed by atoms with Crippen LogP contribution in [0.3, 0.4) is 0 Å². The number of esters is 1. The van der Waals surface area contributed by atoms with Crippen molar-refractivity contribution >= 4 is 17.8 Å². The smallest absolute Gasteiger partial charge is 0.325 e. The molecule has 1 aromatic carbocycles. The highest BCUT2D eigenvalue weighted by atomic mass is 16.5. The van der Waals surface area contributed by atoms with Crippen molar-refractivity contribution in [1.82, 2.24) is 10.2 Å². The lowest BCUT2D eigenvalue weighted by Gasteiger charge is -2.39. The van der Waals surface area contributed by atoms with Crippen LogP contribution in [0.15, 0.2) is 24.3 Å². The van der Waals surface area contributed by atoms with Crippen molar-refractivity contribution in [1.29, 1.82) is 0 Å². The van der Waals surface area contributed by atoms with Crippen molar-refractivity contribution < 1.29 is 19.1 Å². The van der Waals surface area contributed by atoms with E-state index < -0.39 is 5.97 Å². The number of carbonyl (C=O) groups is 3. The molecule has 0 radical (unpaired) electrons. The number of aryl methyl sites for hydroxylation is 1. The van der Waals surface area contributed by atoms with Gasteiger partial charge in [0.2, 0.25) is 0 Å². The second kappa shape index (κ2) is 7.57. The maximum absolute atomic E-state index is 12.6. The molecule has 1 aromatic rings. The van der Waals surface area contributed by atoms with Gasteiger partial charge in [-0.1, -0.05) is 38.5 Å². The predicted octanol–water partition coefficient (Wildman–Crippen LogP) is 2.70. The maximum Gasteiger partial charge on any atom is 0.325 e. The summed E-state index contributed by atoms with van der Waals surface area (Å²) in [5.74, 6) is -1.10. The summed E-state index contributed by atoms with van der Waals surface area (Å²) in [5, 5.41) is 2.53. The highest BCUT2D eigenvalue weighted by Gasteiger charge is 2.50. The number of rotatable bonds is 5. The molecule has 1 aliphatic carbocycles. The first-order valence-electron chi connectivity index (χ1n) is 9.87. The number of fused-ring (bicyclic) bond motifs is 2. The predicted molar refractivity (Wildman–Crippen MR) is 106 cm³/mol. The summed E-state index contributed by atoms with van der Waals surface area (Å²) in [6.07, 6.45) is 3.10. The lowest BCUT2D eigenvalue weighted by molar-refractivity contribution is -0.151. The van der Waals surface area contributed by atoms with Gasteiger partial charge in [0.25, 0.3) is 11.8 Å². The average Bonchev–Trinajstić information content (AvgIpc) is 2.87. The fraction of sp³-hybridized carbons (Fsp3) is 0.591. The number of amides is 2. The molecular formula is C22H30N2O4. The summed E-state index contributed by atoms with van der Waals surface area (Å²) in [6, 6.07) is 7.29. The normalized spacial score (nSPS) is 25.3. The van der Waals surface area contributed by atoms with Crippen LogP contribution in [0.5, 0.6) is 0 Å². The number of hydrogen-bond donors (Lipinski definition) is 1. The molecule has 28 heavy (non-hydrogen) atoms. The van der Waals surface area contributed by atoms with Gasteiger partial charge in [-0.15, -0.1) is 0 Å². The molecular weight excluding hydrogens is 356 g/mol. The fourth-order valence-corrected chi connectivity index (χ4v) is 4.99. The van der Waals surface area contributed by atoms with Gasteiger partial charge >= 0.3 is 5.97 Å². The number of ether oxygens (including phenoxy) is 1. The Morgan fingerprint density at radius 2 is 1.82 bits per heavy atom. The molecule has 0 spiro atoms. The minimum Gasteiger partial charge on any atom is -0.454 e. The summed E-state index contributed by atoms with van der Waals surface area (Å²) < 4.78 is 5.11. The molecule has 1 saturated carbocycles. The van der Waals surface area contributed by atoms with E-state index in [1.807, 2.05) is 24.0 Å². The van der Waals surface area contributed by atoms with Crippen LogP contribution in [0, 0.1) is 17.8 Å². The van der Waals surface area contributed by atoms with Crippen LogP contribution in [0.2, 0.25) is 0 Å². The molecule has 152 valence electrons. The van der Waals surface area contributed by atoms with E-state index in [2.05, 4.69) is 26.1 Å². The number of benzene rings is 1. The molecule has 1 N–H and O–H groups in total. The lowest BCUT2D eigenvalue weighted by Crippen LogP contribution is -2.40. The van der Waals surface area contributed by atoms with E-state index in [-0.39, 0.29) is 41.8 Å². The van der Waals surface area contributed by atoms with Gasteiger partial charge in [-0.25, -0.2) is 0 Å². The van der Waals surface area contributed by atoms with Crippen LogP contribution in [0.25, 0.3) is 0 Å². The molecule has 2 atom stereocenters. The van der Waals surface area contributed by atoms with Gasteiger partial charge < -0.3 is 15.0 Å². The zero-order chi connectivity index (χ0) is 20.5. The monoisotopic (exact) mass is 386 g/mol. The minimum absolute atomic E-state index is 0.147. The van der Waals surface area contributed by atoms with Gasteiger partial charge in [-0.2, -0.15) is 0 Å². The van der Waals surface area contributed by atoms with Gasteiger partial charge in [0.05, 0.1) is 0 Å². The lowest BCUT2D eigenvalue weighted by atomic mass is 9.65. The summed E-state index contributed by atoms with van der Waals surface area (Å²) in [4.78, 5) is 38.5. The Morgan fingerprint density at radius 3 is 2.50 bits per heavy atom. The second-order valence-electron chi connectivity index (χ2n) is 9.44. The maximum atomic E-state index is 12.6. The van der Waals surface area contributed by atoms with Crippen molar-refractivity contribution in [2.45, 2.75) is 53.0 Å². The first-order valence-corrected chi connectivity index (χ1v) is 9.87. The van der Waals surface area contributed by atoms with E-state index in [1.54, 1.807) is 12.1 Å². The summed E-state index contributed by atoms with van der Waals surface area (Å²) in [5.41, 5.74) is 1.91. The van der Waals surface area contributed by atoms with E-state index in [0.717, 1.165) is 31.4 Å². The molecule has 1 heterocycles. The van der Waals surface area contributed by atoms with Gasteiger partial charge in [0.1, 0.15) is 6.54 Å². The van der Waals surface area contributed by atoms with Crippen molar-refractivity contribution in [2.75, 3.05) is 19.7 Å². The van der Waals surface area contributed by atoms with E-state index in [4.69, 9.17) is 4.74 Å². The Kier molecular flexibility index (Phi) is 5.50. The van der Waals surface area contributed by atoms with Gasteiger partial charge in [-0.3, -0.25) is 14.4 Å². The fourth-order valence-electron chi connectivity index (χ4n) is 4.99. The van der Waals surface area contributed by atoms with E-state index in [1.165, 1.54) is 0 Å². The van der Waals surface area contributed by atoms with Crippen LogP contribution in [0.4, 0.5) is 0 Å². The highest BCUT2D eigenvalue weighted by Crippen LogP contribution is 2.52. The van der Waals surface area contributed by atoms with E-state index >= 15 is 0 Å². The Hall–Kier alpha value is -2.37. The highest BCUT2D eigenvalue weighted by molar-refractivity contribution is 5.96. The summed E-state index contributed by atoms with van der Waals surface area (Å²) in [6.45, 7) is 8.87. The average molecular weight is 386 g/mol. The zero-order valence-electron chi connectivity index (χ0n) is 17.2. The first-order chi connectivity index (χ1) is 13.1. The molecule has 2 aliphatic rings. The Balaban J connectivity index is 1.45. The third kappa shape index (κ3) is 4.72. The Labute approximate surface area is 166 Å². The van der Waals surface area contributed by atoms with Crippen molar-refractivity contribution in [3.8, 4) is 0 Å². The van der Waals surface area contributed by atoms with Gasteiger partial charge in [0.15, 0.2) is 6.61 Å². The molecule has 2 fully saturated rings. The number of hydrogen-bond acceptors (Lipinski definition) is 4. The Morgan fingerprint density at radius 1 is 1.14 bits per heavy atom. The van der Waals surface area contributed by atoms with Crippen molar-refractivity contribution in [2.24, 2.45) is 10.8 Å². The molecule has 2 amide bonds. The minimum atomic E-state index is -0.609. The van der Waals surface area contributed by atoms with E-state index in [9.17, 15) is 14.4 Å². The molecule has 6 heteroatoms. The molecule has 6 nitrogen and oxygen atoms in total. The van der Waals surface area contributed by atoms with Crippen LogP contribution in [-0.4, -0.2) is 48.4 Å². The van der Waals surface area contributed by atoms with Gasteiger partial charge in [-0.05, 0) is 49.1 Å². The molecule has 0 aromatic heterocycles. The number of carbonyl (C=O) groups excluding carboxylic acids is 3. The van der Waals surface area contributed by atoms with Crippen molar-refractivity contribution in [3.63, 3.8) is 0 Å².